The van der Waals surface area contributed by atoms with E-state index in [4.69, 9.17) is 6.42 Å². The van der Waals surface area contributed by atoms with Gasteiger partial charge in [-0.2, -0.15) is 0 Å². The second-order valence-corrected chi connectivity index (χ2v) is 3.41. The summed E-state index contributed by atoms with van der Waals surface area (Å²) in [4.78, 5) is 12.8. The second-order valence-electron chi connectivity index (χ2n) is 3.41. The number of terminal acetylenes is 1. The van der Waals surface area contributed by atoms with Crippen molar-refractivity contribution in [3.8, 4) is 12.3 Å². The minimum absolute atomic E-state index is 0.675. The van der Waals surface area contributed by atoms with Gasteiger partial charge in [-0.1, -0.05) is 12.0 Å². The Bertz CT molecular complexity index is 374. The van der Waals surface area contributed by atoms with Gasteiger partial charge in [-0.3, -0.25) is 4.79 Å². The lowest BCUT2D eigenvalue weighted by Gasteiger charge is -2.11. The van der Waals surface area contributed by atoms with Crippen molar-refractivity contribution in [2.24, 2.45) is 0 Å². The van der Waals surface area contributed by atoms with Crippen LogP contribution in [0.25, 0.3) is 0 Å². The highest BCUT2D eigenvalue weighted by molar-refractivity contribution is 5.78. The average Bonchev–Trinajstić information content (AvgIpc) is 2.17. The maximum atomic E-state index is 10.8. The van der Waals surface area contributed by atoms with Gasteiger partial charge < -0.3 is 4.90 Å². The molecule has 1 aromatic carbocycles. The number of carbonyl (C=O) groups is 1. The van der Waals surface area contributed by atoms with Gasteiger partial charge in [0.25, 0.3) is 0 Å². The third-order valence-electron chi connectivity index (χ3n) is 1.93. The van der Waals surface area contributed by atoms with Gasteiger partial charge in [0.15, 0.2) is 0 Å². The third kappa shape index (κ3) is 2.45. The Labute approximate surface area is 84.5 Å². The van der Waals surface area contributed by atoms with E-state index >= 15 is 0 Å². The van der Waals surface area contributed by atoms with Gasteiger partial charge in [-0.15, -0.1) is 6.42 Å². The lowest BCUT2D eigenvalue weighted by Crippen LogP contribution is -2.12. The third-order valence-corrected chi connectivity index (χ3v) is 1.93. The van der Waals surface area contributed by atoms with Crippen molar-refractivity contribution in [2.75, 3.05) is 14.1 Å². The fraction of sp³-hybridized carbons (Fsp3) is 0.250. The molecule has 2 nitrogen and oxygen atoms in total. The van der Waals surface area contributed by atoms with Crippen LogP contribution in [0.1, 0.15) is 21.5 Å². The van der Waals surface area contributed by atoms with Crippen LogP contribution in [0.15, 0.2) is 18.2 Å². The zero-order valence-electron chi connectivity index (χ0n) is 8.45. The smallest absolute Gasteiger partial charge is 0.150 e. The monoisotopic (exact) mass is 187 g/mol. The van der Waals surface area contributed by atoms with E-state index in [1.165, 1.54) is 0 Å². The molecule has 14 heavy (non-hydrogen) atoms. The van der Waals surface area contributed by atoms with Crippen molar-refractivity contribution >= 4 is 6.29 Å². The number of nitrogens with zero attached hydrogens (tertiary/aromatic N) is 1. The first-order valence-corrected chi connectivity index (χ1v) is 4.37. The van der Waals surface area contributed by atoms with Crippen LogP contribution in [0.4, 0.5) is 0 Å². The van der Waals surface area contributed by atoms with Crippen molar-refractivity contribution in [1.82, 2.24) is 4.90 Å². The molecule has 0 aliphatic rings. The summed E-state index contributed by atoms with van der Waals surface area (Å²) >= 11 is 0. The van der Waals surface area contributed by atoms with Crippen LogP contribution in [0, 0.1) is 12.3 Å². The molecule has 0 unspecified atom stereocenters. The maximum absolute atomic E-state index is 10.8. The van der Waals surface area contributed by atoms with E-state index in [2.05, 4.69) is 5.92 Å². The van der Waals surface area contributed by atoms with E-state index in [0.29, 0.717) is 5.56 Å². The molecule has 0 fully saturated rings. The number of benzene rings is 1. The molecule has 0 radical (unpaired) electrons. The largest absolute Gasteiger partial charge is 0.305 e. The van der Waals surface area contributed by atoms with Gasteiger partial charge in [0.1, 0.15) is 6.29 Å². The molecule has 2 heteroatoms. The summed E-state index contributed by atoms with van der Waals surface area (Å²) < 4.78 is 0. The number of rotatable bonds is 3. The summed E-state index contributed by atoms with van der Waals surface area (Å²) in [5.41, 5.74) is 2.42. The lowest BCUT2D eigenvalue weighted by atomic mass is 10.0. The van der Waals surface area contributed by atoms with Gasteiger partial charge in [-0.05, 0) is 31.8 Å². The van der Waals surface area contributed by atoms with E-state index in [-0.39, 0.29) is 0 Å². The molecule has 0 saturated heterocycles. The van der Waals surface area contributed by atoms with Crippen molar-refractivity contribution < 1.29 is 4.79 Å². The molecule has 0 amide bonds. The Balaban J connectivity index is 3.06. The van der Waals surface area contributed by atoms with E-state index in [0.717, 1.165) is 24.0 Å². The molecule has 0 bridgehead atoms. The topological polar surface area (TPSA) is 20.3 Å². The fourth-order valence-corrected chi connectivity index (χ4v) is 1.28. The van der Waals surface area contributed by atoms with E-state index < -0.39 is 0 Å². The number of hydrogen-bond donors (Lipinski definition) is 0. The highest BCUT2D eigenvalue weighted by Gasteiger charge is 2.03. The predicted molar refractivity (Wildman–Crippen MR) is 57.2 cm³/mol. The molecule has 0 spiro atoms. The zero-order valence-corrected chi connectivity index (χ0v) is 8.45. The molecule has 0 saturated carbocycles. The molecular weight excluding hydrogens is 174 g/mol. The van der Waals surface area contributed by atoms with Crippen LogP contribution in [-0.2, 0) is 6.54 Å². The van der Waals surface area contributed by atoms with Crippen molar-refractivity contribution in [3.63, 3.8) is 0 Å². The van der Waals surface area contributed by atoms with Gasteiger partial charge in [0.05, 0.1) is 0 Å². The van der Waals surface area contributed by atoms with Gasteiger partial charge in [0.2, 0.25) is 0 Å². The number of hydrogen-bond acceptors (Lipinski definition) is 2. The first-order chi connectivity index (χ1) is 6.67. The van der Waals surface area contributed by atoms with Crippen LogP contribution >= 0.6 is 0 Å². The summed E-state index contributed by atoms with van der Waals surface area (Å²) in [7, 11) is 3.92. The zero-order chi connectivity index (χ0) is 10.6. The molecule has 72 valence electrons. The summed E-state index contributed by atoms with van der Waals surface area (Å²) in [6.45, 7) is 0.749. The highest BCUT2D eigenvalue weighted by Crippen LogP contribution is 2.11. The Kier molecular flexibility index (Phi) is 3.44. The molecule has 0 heterocycles. The highest BCUT2D eigenvalue weighted by atomic mass is 16.1. The van der Waals surface area contributed by atoms with Gasteiger partial charge >= 0.3 is 0 Å². The average molecular weight is 187 g/mol. The van der Waals surface area contributed by atoms with E-state index in [1.807, 2.05) is 31.1 Å². The Hall–Kier alpha value is -1.59. The molecular formula is C12H13NO. The predicted octanol–water partition coefficient (Wildman–Crippen LogP) is 1.54. The Morgan fingerprint density at radius 3 is 2.71 bits per heavy atom. The SMILES string of the molecule is C#Cc1ccc(CN(C)C)c(C=O)c1. The first-order valence-electron chi connectivity index (χ1n) is 4.37. The molecule has 1 aromatic rings. The number of carbonyl (C=O) groups excluding carboxylic acids is 1. The van der Waals surface area contributed by atoms with E-state index in [1.54, 1.807) is 6.07 Å². The maximum Gasteiger partial charge on any atom is 0.150 e. The minimum Gasteiger partial charge on any atom is -0.305 e. The Morgan fingerprint density at radius 1 is 1.50 bits per heavy atom. The minimum atomic E-state index is 0.675. The quantitative estimate of drug-likeness (QED) is 0.528. The molecule has 1 rings (SSSR count). The summed E-state index contributed by atoms with van der Waals surface area (Å²) in [5.74, 6) is 2.51. The second kappa shape index (κ2) is 4.59. The normalized spacial score (nSPS) is 9.86. The van der Waals surface area contributed by atoms with Crippen molar-refractivity contribution in [1.29, 1.82) is 0 Å². The molecule has 0 atom stereocenters. The van der Waals surface area contributed by atoms with Crippen molar-refractivity contribution in [2.45, 2.75) is 6.54 Å². The Morgan fingerprint density at radius 2 is 2.21 bits per heavy atom. The van der Waals surface area contributed by atoms with Crippen molar-refractivity contribution in [3.05, 3.63) is 34.9 Å². The van der Waals surface area contributed by atoms with E-state index in [9.17, 15) is 4.79 Å². The van der Waals surface area contributed by atoms with Crippen LogP contribution in [0.5, 0.6) is 0 Å². The molecule has 0 aliphatic heterocycles. The van der Waals surface area contributed by atoms with Crippen LogP contribution in [0.2, 0.25) is 0 Å². The molecule has 0 N–H and O–H groups in total. The lowest BCUT2D eigenvalue weighted by molar-refractivity contribution is 0.112. The summed E-state index contributed by atoms with van der Waals surface area (Å²) in [6, 6.07) is 5.50. The standard InChI is InChI=1S/C12H13NO/c1-4-10-5-6-11(8-13(2)3)12(7-10)9-14/h1,5-7,9H,8H2,2-3H3. The van der Waals surface area contributed by atoms with Gasteiger partial charge in [0, 0.05) is 17.7 Å². The van der Waals surface area contributed by atoms with Crippen LogP contribution in [0.3, 0.4) is 0 Å². The molecule has 0 aliphatic carbocycles. The summed E-state index contributed by atoms with van der Waals surface area (Å²) in [5, 5.41) is 0. The van der Waals surface area contributed by atoms with Gasteiger partial charge in [-0.25, -0.2) is 0 Å². The van der Waals surface area contributed by atoms with Crippen LogP contribution in [-0.4, -0.2) is 25.3 Å². The fourth-order valence-electron chi connectivity index (χ4n) is 1.28. The number of aldehydes is 1. The van der Waals surface area contributed by atoms with Crippen LogP contribution < -0.4 is 0 Å². The summed E-state index contributed by atoms with van der Waals surface area (Å²) in [6.07, 6.45) is 6.10. The molecule has 0 aromatic heterocycles. The first kappa shape index (κ1) is 10.5.